The Hall–Kier alpha value is -1.16. The summed E-state index contributed by atoms with van der Waals surface area (Å²) in [6, 6.07) is 2.73. The zero-order valence-electron chi connectivity index (χ0n) is 13.1. The van der Waals surface area contributed by atoms with Gasteiger partial charge in [0.25, 0.3) is 0 Å². The lowest BCUT2D eigenvalue weighted by Gasteiger charge is -2.36. The Kier molecular flexibility index (Phi) is 5.77. The van der Waals surface area contributed by atoms with Crippen molar-refractivity contribution in [1.82, 2.24) is 15.3 Å². The van der Waals surface area contributed by atoms with Crippen molar-refractivity contribution < 1.29 is 0 Å². The van der Waals surface area contributed by atoms with E-state index in [2.05, 4.69) is 47.0 Å². The van der Waals surface area contributed by atoms with Gasteiger partial charge < -0.3 is 10.2 Å². The van der Waals surface area contributed by atoms with Crippen molar-refractivity contribution in [2.75, 3.05) is 24.5 Å². The number of piperidine rings is 1. The van der Waals surface area contributed by atoms with Gasteiger partial charge in [0, 0.05) is 30.9 Å². The summed E-state index contributed by atoms with van der Waals surface area (Å²) in [5.74, 6) is 1.82. The van der Waals surface area contributed by atoms with E-state index in [-0.39, 0.29) is 0 Å². The molecule has 1 aromatic rings. The van der Waals surface area contributed by atoms with Gasteiger partial charge in [0.1, 0.15) is 12.1 Å². The van der Waals surface area contributed by atoms with Crippen molar-refractivity contribution >= 4 is 5.82 Å². The summed E-state index contributed by atoms with van der Waals surface area (Å²) in [4.78, 5) is 11.2. The number of aromatic nitrogens is 2. The summed E-state index contributed by atoms with van der Waals surface area (Å²) in [5, 5.41) is 3.64. The molecular weight excluding hydrogens is 248 g/mol. The van der Waals surface area contributed by atoms with Gasteiger partial charge in [-0.15, -0.1) is 0 Å². The molecule has 0 bridgehead atoms. The van der Waals surface area contributed by atoms with E-state index in [1.807, 2.05) is 0 Å². The van der Waals surface area contributed by atoms with E-state index in [9.17, 15) is 0 Å². The molecule has 1 saturated heterocycles. The highest BCUT2D eigenvalue weighted by Crippen LogP contribution is 2.24. The molecule has 0 radical (unpaired) electrons. The summed E-state index contributed by atoms with van der Waals surface area (Å²) in [6.45, 7) is 10.0. The highest BCUT2D eigenvalue weighted by molar-refractivity contribution is 5.39. The normalized spacial score (nSPS) is 20.9. The van der Waals surface area contributed by atoms with Crippen LogP contribution in [0, 0.1) is 5.92 Å². The molecule has 4 heteroatoms. The Morgan fingerprint density at radius 1 is 1.40 bits per heavy atom. The van der Waals surface area contributed by atoms with Gasteiger partial charge in [-0.3, -0.25) is 0 Å². The highest BCUT2D eigenvalue weighted by atomic mass is 15.2. The average molecular weight is 276 g/mol. The molecule has 0 aromatic carbocycles. The Labute approximate surface area is 123 Å². The Balaban J connectivity index is 1.98. The second-order valence-electron chi connectivity index (χ2n) is 5.81. The van der Waals surface area contributed by atoms with Crippen molar-refractivity contribution in [3.63, 3.8) is 0 Å². The summed E-state index contributed by atoms with van der Waals surface area (Å²) in [7, 11) is 0. The quantitative estimate of drug-likeness (QED) is 0.867. The van der Waals surface area contributed by atoms with E-state index in [1.165, 1.54) is 19.3 Å². The van der Waals surface area contributed by atoms with E-state index in [4.69, 9.17) is 0 Å². The summed E-state index contributed by atoms with van der Waals surface area (Å²) >= 11 is 0. The number of rotatable bonds is 6. The third-order valence-corrected chi connectivity index (χ3v) is 4.28. The van der Waals surface area contributed by atoms with Crippen LogP contribution in [0.1, 0.15) is 45.7 Å². The number of hydrogen-bond acceptors (Lipinski definition) is 4. The Morgan fingerprint density at radius 3 is 3.00 bits per heavy atom. The molecule has 2 atom stereocenters. The van der Waals surface area contributed by atoms with Gasteiger partial charge in [-0.1, -0.05) is 13.8 Å². The first-order valence-corrected chi connectivity index (χ1v) is 8.03. The first kappa shape index (κ1) is 15.2. The fraction of sp³-hybridized carbons (Fsp3) is 0.750. The molecule has 1 fully saturated rings. The van der Waals surface area contributed by atoms with E-state index >= 15 is 0 Å². The number of anilines is 1. The van der Waals surface area contributed by atoms with Gasteiger partial charge in [0.2, 0.25) is 0 Å². The Morgan fingerprint density at radius 2 is 2.25 bits per heavy atom. The van der Waals surface area contributed by atoms with Crippen LogP contribution >= 0.6 is 0 Å². The van der Waals surface area contributed by atoms with Crippen LogP contribution in [0.25, 0.3) is 0 Å². The lowest BCUT2D eigenvalue weighted by atomic mass is 9.91. The van der Waals surface area contributed by atoms with Crippen LogP contribution in [0.3, 0.4) is 0 Å². The number of hydrogen-bond donors (Lipinski definition) is 1. The SMILES string of the molecule is CCCNC(C)C1CCCN(c2cc(CC)ncn2)C1. The molecule has 1 aliphatic rings. The van der Waals surface area contributed by atoms with Gasteiger partial charge in [-0.05, 0) is 45.1 Å². The molecule has 1 N–H and O–H groups in total. The third-order valence-electron chi connectivity index (χ3n) is 4.28. The fourth-order valence-corrected chi connectivity index (χ4v) is 2.92. The predicted octanol–water partition coefficient (Wildman–Crippen LogP) is 2.64. The maximum absolute atomic E-state index is 4.46. The van der Waals surface area contributed by atoms with E-state index in [0.717, 1.165) is 43.5 Å². The van der Waals surface area contributed by atoms with Gasteiger partial charge in [0.15, 0.2) is 0 Å². The van der Waals surface area contributed by atoms with Crippen LogP contribution in [0.2, 0.25) is 0 Å². The fourth-order valence-electron chi connectivity index (χ4n) is 2.92. The molecule has 2 heterocycles. The minimum absolute atomic E-state index is 0.588. The van der Waals surface area contributed by atoms with Crippen LogP contribution in [-0.2, 0) is 6.42 Å². The molecule has 0 amide bonds. The van der Waals surface area contributed by atoms with Crippen LogP contribution < -0.4 is 10.2 Å². The molecule has 112 valence electrons. The van der Waals surface area contributed by atoms with E-state index in [1.54, 1.807) is 6.33 Å². The molecule has 1 aromatic heterocycles. The predicted molar refractivity (Wildman–Crippen MR) is 84.1 cm³/mol. The summed E-state index contributed by atoms with van der Waals surface area (Å²) < 4.78 is 0. The molecule has 0 aliphatic carbocycles. The van der Waals surface area contributed by atoms with E-state index in [0.29, 0.717) is 6.04 Å². The summed E-state index contributed by atoms with van der Waals surface area (Å²) in [6.07, 6.45) is 6.46. The van der Waals surface area contributed by atoms with Crippen LogP contribution in [0.4, 0.5) is 5.82 Å². The second kappa shape index (κ2) is 7.58. The van der Waals surface area contributed by atoms with Crippen molar-refractivity contribution in [3.8, 4) is 0 Å². The molecule has 4 nitrogen and oxygen atoms in total. The molecule has 1 aliphatic heterocycles. The van der Waals surface area contributed by atoms with Crippen molar-refractivity contribution in [2.45, 2.75) is 52.5 Å². The number of nitrogens with zero attached hydrogens (tertiary/aromatic N) is 3. The number of nitrogens with one attached hydrogen (secondary N) is 1. The zero-order chi connectivity index (χ0) is 14.4. The van der Waals surface area contributed by atoms with Crippen LogP contribution in [0.15, 0.2) is 12.4 Å². The van der Waals surface area contributed by atoms with Gasteiger partial charge in [-0.25, -0.2) is 9.97 Å². The smallest absolute Gasteiger partial charge is 0.132 e. The van der Waals surface area contributed by atoms with E-state index < -0.39 is 0 Å². The highest BCUT2D eigenvalue weighted by Gasteiger charge is 2.25. The second-order valence-corrected chi connectivity index (χ2v) is 5.81. The largest absolute Gasteiger partial charge is 0.356 e. The van der Waals surface area contributed by atoms with Crippen molar-refractivity contribution in [2.24, 2.45) is 5.92 Å². The topological polar surface area (TPSA) is 41.0 Å². The minimum atomic E-state index is 0.588. The maximum Gasteiger partial charge on any atom is 0.132 e. The first-order valence-electron chi connectivity index (χ1n) is 8.03. The molecule has 2 rings (SSSR count). The lowest BCUT2D eigenvalue weighted by Crippen LogP contribution is -2.45. The van der Waals surface area contributed by atoms with Crippen LogP contribution in [-0.4, -0.2) is 35.6 Å². The maximum atomic E-state index is 4.46. The van der Waals surface area contributed by atoms with Crippen LogP contribution in [0.5, 0.6) is 0 Å². The van der Waals surface area contributed by atoms with Gasteiger partial charge in [-0.2, -0.15) is 0 Å². The molecule has 0 spiro atoms. The van der Waals surface area contributed by atoms with Crippen molar-refractivity contribution in [3.05, 3.63) is 18.1 Å². The molecule has 2 unspecified atom stereocenters. The molecule has 0 saturated carbocycles. The third kappa shape index (κ3) is 3.92. The molecule has 20 heavy (non-hydrogen) atoms. The summed E-state index contributed by atoms with van der Waals surface area (Å²) in [5.41, 5.74) is 1.13. The van der Waals surface area contributed by atoms with Gasteiger partial charge >= 0.3 is 0 Å². The first-order chi connectivity index (χ1) is 9.74. The van der Waals surface area contributed by atoms with Gasteiger partial charge in [0.05, 0.1) is 0 Å². The Bertz CT molecular complexity index is 407. The average Bonchev–Trinajstić information content (AvgIpc) is 2.52. The zero-order valence-corrected chi connectivity index (χ0v) is 13.1. The standard InChI is InChI=1S/C16H28N4/c1-4-8-17-13(3)14-7-6-9-20(11-14)16-10-15(5-2)18-12-19-16/h10,12-14,17H,4-9,11H2,1-3H3. The number of aryl methyl sites for hydroxylation is 1. The minimum Gasteiger partial charge on any atom is -0.356 e. The van der Waals surface area contributed by atoms with Crippen molar-refractivity contribution in [1.29, 1.82) is 0 Å². The monoisotopic (exact) mass is 276 g/mol. The lowest BCUT2D eigenvalue weighted by molar-refractivity contribution is 0.320. The molecular formula is C16H28N4.